The van der Waals surface area contributed by atoms with Gasteiger partial charge in [-0.2, -0.15) is 0 Å². The van der Waals surface area contributed by atoms with Crippen molar-refractivity contribution in [3.8, 4) is 0 Å². The molecule has 1 aliphatic heterocycles. The van der Waals surface area contributed by atoms with E-state index in [1.165, 1.54) is 64.6 Å². The summed E-state index contributed by atoms with van der Waals surface area (Å²) >= 11 is 0. The van der Waals surface area contributed by atoms with Gasteiger partial charge in [0, 0.05) is 18.6 Å². The monoisotopic (exact) mass is 252 g/mol. The van der Waals surface area contributed by atoms with E-state index in [0.29, 0.717) is 6.04 Å². The molecule has 0 N–H and O–H groups in total. The SMILES string of the molecule is CC(C)N(C)C1CCN(CC2CCCCC2)CC1. The second kappa shape index (κ2) is 6.91. The standard InChI is InChI=1S/C16H32N2/c1-14(2)17(3)16-9-11-18(12-10-16)13-15-7-5-4-6-8-15/h14-16H,4-13H2,1-3H3. The van der Waals surface area contributed by atoms with Gasteiger partial charge in [0.15, 0.2) is 0 Å². The van der Waals surface area contributed by atoms with Gasteiger partial charge in [0.05, 0.1) is 0 Å². The van der Waals surface area contributed by atoms with Crippen LogP contribution in [-0.2, 0) is 0 Å². The summed E-state index contributed by atoms with van der Waals surface area (Å²) in [6.45, 7) is 8.68. The van der Waals surface area contributed by atoms with Crippen LogP contribution >= 0.6 is 0 Å². The predicted molar refractivity (Wildman–Crippen MR) is 78.9 cm³/mol. The minimum Gasteiger partial charge on any atom is -0.303 e. The summed E-state index contributed by atoms with van der Waals surface area (Å²) in [5.74, 6) is 1.01. The fourth-order valence-electron chi connectivity index (χ4n) is 3.67. The maximum atomic E-state index is 2.74. The van der Waals surface area contributed by atoms with E-state index in [4.69, 9.17) is 0 Å². The van der Waals surface area contributed by atoms with Crippen molar-refractivity contribution in [2.24, 2.45) is 5.92 Å². The zero-order chi connectivity index (χ0) is 13.0. The second-order valence-corrected chi connectivity index (χ2v) is 6.80. The quantitative estimate of drug-likeness (QED) is 0.757. The largest absolute Gasteiger partial charge is 0.303 e. The number of likely N-dealkylation sites (tertiary alicyclic amines) is 1. The maximum Gasteiger partial charge on any atom is 0.0119 e. The van der Waals surface area contributed by atoms with Crippen LogP contribution in [0.3, 0.4) is 0 Å². The molecule has 1 saturated heterocycles. The average molecular weight is 252 g/mol. The average Bonchev–Trinajstić information content (AvgIpc) is 2.40. The number of piperidine rings is 1. The summed E-state index contributed by atoms with van der Waals surface area (Å²) in [6, 6.07) is 1.52. The summed E-state index contributed by atoms with van der Waals surface area (Å²) in [5.41, 5.74) is 0. The van der Waals surface area contributed by atoms with Crippen LogP contribution in [0.2, 0.25) is 0 Å². The molecule has 2 rings (SSSR count). The van der Waals surface area contributed by atoms with Crippen LogP contribution in [0.4, 0.5) is 0 Å². The second-order valence-electron chi connectivity index (χ2n) is 6.80. The van der Waals surface area contributed by atoms with Crippen molar-refractivity contribution in [3.63, 3.8) is 0 Å². The van der Waals surface area contributed by atoms with Gasteiger partial charge in [-0.1, -0.05) is 19.3 Å². The third-order valence-electron chi connectivity index (χ3n) is 5.19. The van der Waals surface area contributed by atoms with E-state index in [2.05, 4.69) is 30.7 Å². The number of rotatable bonds is 4. The van der Waals surface area contributed by atoms with Crippen LogP contribution in [-0.4, -0.2) is 48.6 Å². The highest BCUT2D eigenvalue weighted by Crippen LogP contribution is 2.26. The molecule has 0 aromatic rings. The third-order valence-corrected chi connectivity index (χ3v) is 5.19. The number of hydrogen-bond acceptors (Lipinski definition) is 2. The van der Waals surface area contributed by atoms with Gasteiger partial charge in [-0.05, 0) is 65.6 Å². The van der Waals surface area contributed by atoms with Crippen molar-refractivity contribution in [2.75, 3.05) is 26.7 Å². The first-order chi connectivity index (χ1) is 8.66. The minimum atomic E-state index is 0.694. The maximum absolute atomic E-state index is 2.74. The predicted octanol–water partition coefficient (Wildman–Crippen LogP) is 3.37. The Bertz CT molecular complexity index is 225. The van der Waals surface area contributed by atoms with E-state index >= 15 is 0 Å². The molecule has 0 unspecified atom stereocenters. The summed E-state index contributed by atoms with van der Waals surface area (Å²) < 4.78 is 0. The normalized spacial score (nSPS) is 25.2. The Balaban J connectivity index is 1.69. The molecule has 0 radical (unpaired) electrons. The molecule has 0 spiro atoms. The molecule has 0 aromatic carbocycles. The van der Waals surface area contributed by atoms with Crippen molar-refractivity contribution in [1.29, 1.82) is 0 Å². The number of hydrogen-bond donors (Lipinski definition) is 0. The Labute approximate surface area is 114 Å². The van der Waals surface area contributed by atoms with Crippen LogP contribution in [0.15, 0.2) is 0 Å². The van der Waals surface area contributed by atoms with Gasteiger partial charge >= 0.3 is 0 Å². The molecule has 0 bridgehead atoms. The molecule has 2 nitrogen and oxygen atoms in total. The summed E-state index contributed by atoms with van der Waals surface area (Å²) in [4.78, 5) is 5.30. The molecule has 106 valence electrons. The van der Waals surface area contributed by atoms with Gasteiger partial charge in [-0.3, -0.25) is 0 Å². The van der Waals surface area contributed by atoms with Gasteiger partial charge in [-0.15, -0.1) is 0 Å². The van der Waals surface area contributed by atoms with Crippen LogP contribution in [0.5, 0.6) is 0 Å². The van der Waals surface area contributed by atoms with Crippen molar-refractivity contribution in [1.82, 2.24) is 9.80 Å². The van der Waals surface area contributed by atoms with Crippen LogP contribution in [0.1, 0.15) is 58.8 Å². The Morgan fingerprint density at radius 1 is 1.00 bits per heavy atom. The topological polar surface area (TPSA) is 6.48 Å². The molecule has 18 heavy (non-hydrogen) atoms. The van der Waals surface area contributed by atoms with E-state index in [1.54, 1.807) is 0 Å². The van der Waals surface area contributed by atoms with Gasteiger partial charge in [-0.25, -0.2) is 0 Å². The van der Waals surface area contributed by atoms with Crippen molar-refractivity contribution >= 4 is 0 Å². The molecule has 0 amide bonds. The molecule has 1 aliphatic carbocycles. The first-order valence-corrected chi connectivity index (χ1v) is 8.11. The fourth-order valence-corrected chi connectivity index (χ4v) is 3.67. The Kier molecular flexibility index (Phi) is 5.50. The van der Waals surface area contributed by atoms with Crippen molar-refractivity contribution < 1.29 is 0 Å². The van der Waals surface area contributed by atoms with Crippen LogP contribution in [0, 0.1) is 5.92 Å². The first-order valence-electron chi connectivity index (χ1n) is 8.11. The van der Waals surface area contributed by atoms with Gasteiger partial charge in [0.1, 0.15) is 0 Å². The van der Waals surface area contributed by atoms with Gasteiger partial charge < -0.3 is 9.80 Å². The van der Waals surface area contributed by atoms with E-state index in [1.807, 2.05) is 0 Å². The smallest absolute Gasteiger partial charge is 0.0119 e. The lowest BCUT2D eigenvalue weighted by Gasteiger charge is -2.40. The third kappa shape index (κ3) is 3.96. The van der Waals surface area contributed by atoms with E-state index in [-0.39, 0.29) is 0 Å². The zero-order valence-electron chi connectivity index (χ0n) is 12.7. The van der Waals surface area contributed by atoms with E-state index in [0.717, 1.165) is 12.0 Å². The molecule has 1 heterocycles. The summed E-state index contributed by atoms with van der Waals surface area (Å²) in [7, 11) is 2.30. The lowest BCUT2D eigenvalue weighted by atomic mass is 9.88. The van der Waals surface area contributed by atoms with Crippen LogP contribution < -0.4 is 0 Å². The lowest BCUT2D eigenvalue weighted by molar-refractivity contribution is 0.0931. The first kappa shape index (κ1) is 14.3. The highest BCUT2D eigenvalue weighted by molar-refractivity contribution is 4.81. The zero-order valence-corrected chi connectivity index (χ0v) is 12.7. The number of nitrogens with zero attached hydrogens (tertiary/aromatic N) is 2. The van der Waals surface area contributed by atoms with E-state index in [9.17, 15) is 0 Å². The molecule has 0 atom stereocenters. The summed E-state index contributed by atoms with van der Waals surface area (Å²) in [5, 5.41) is 0. The minimum absolute atomic E-state index is 0.694. The Morgan fingerprint density at radius 3 is 2.17 bits per heavy atom. The Morgan fingerprint density at radius 2 is 1.61 bits per heavy atom. The lowest BCUT2D eigenvalue weighted by Crippen LogP contribution is -2.46. The van der Waals surface area contributed by atoms with Gasteiger partial charge in [0.2, 0.25) is 0 Å². The molecule has 1 saturated carbocycles. The van der Waals surface area contributed by atoms with Gasteiger partial charge in [0.25, 0.3) is 0 Å². The molecule has 2 aliphatic rings. The fraction of sp³-hybridized carbons (Fsp3) is 1.00. The summed E-state index contributed by atoms with van der Waals surface area (Å²) in [6.07, 6.45) is 10.2. The molecular weight excluding hydrogens is 220 g/mol. The van der Waals surface area contributed by atoms with Crippen LogP contribution in [0.25, 0.3) is 0 Å². The molecule has 2 fully saturated rings. The van der Waals surface area contributed by atoms with Crippen molar-refractivity contribution in [2.45, 2.75) is 70.9 Å². The molecule has 2 heteroatoms. The molecule has 0 aromatic heterocycles. The highest BCUT2D eigenvalue weighted by Gasteiger charge is 2.25. The Hall–Kier alpha value is -0.0800. The van der Waals surface area contributed by atoms with E-state index < -0.39 is 0 Å². The highest BCUT2D eigenvalue weighted by atomic mass is 15.2. The molecular formula is C16H32N2. The van der Waals surface area contributed by atoms with Crippen molar-refractivity contribution in [3.05, 3.63) is 0 Å².